The number of amides is 2. The van der Waals surface area contributed by atoms with Gasteiger partial charge in [-0.25, -0.2) is 4.90 Å². The molecular formula is C15H11ClN2O4. The molecular weight excluding hydrogens is 308 g/mol. The summed E-state index contributed by atoms with van der Waals surface area (Å²) in [6.07, 6.45) is 4.86. The fraction of sp³-hybridized carbons (Fsp3) is 0.333. The number of carbonyl (C=O) groups is 2. The van der Waals surface area contributed by atoms with E-state index in [0.29, 0.717) is 0 Å². The Morgan fingerprint density at radius 3 is 2.27 bits per heavy atom. The molecule has 0 aromatic heterocycles. The van der Waals surface area contributed by atoms with Crippen LogP contribution in [0.2, 0.25) is 5.02 Å². The molecule has 1 aliphatic heterocycles. The number of fused-ring (bicyclic) bond motifs is 5. The van der Waals surface area contributed by atoms with E-state index in [9.17, 15) is 19.7 Å². The topological polar surface area (TPSA) is 80.5 Å². The van der Waals surface area contributed by atoms with Crippen LogP contribution >= 0.6 is 11.6 Å². The van der Waals surface area contributed by atoms with Gasteiger partial charge in [0.2, 0.25) is 11.8 Å². The number of hydrogen-bond acceptors (Lipinski definition) is 4. The number of halogens is 1. The number of rotatable bonds is 2. The van der Waals surface area contributed by atoms with E-state index in [4.69, 9.17) is 11.6 Å². The summed E-state index contributed by atoms with van der Waals surface area (Å²) in [6, 6.07) is 4.01. The fourth-order valence-corrected chi connectivity index (χ4v) is 4.12. The van der Waals surface area contributed by atoms with Crippen LogP contribution in [0.25, 0.3) is 0 Å². The average molecular weight is 319 g/mol. The molecule has 6 nitrogen and oxygen atoms in total. The minimum atomic E-state index is -0.622. The van der Waals surface area contributed by atoms with Gasteiger partial charge in [0.15, 0.2) is 0 Å². The molecule has 4 rings (SSSR count). The van der Waals surface area contributed by atoms with Gasteiger partial charge in [-0.3, -0.25) is 19.7 Å². The summed E-state index contributed by atoms with van der Waals surface area (Å²) in [5, 5.41) is 11.0. The Kier molecular flexibility index (Phi) is 2.69. The summed E-state index contributed by atoms with van der Waals surface area (Å²) in [6.45, 7) is 0. The first-order valence-electron chi connectivity index (χ1n) is 6.99. The van der Waals surface area contributed by atoms with E-state index < -0.39 is 4.92 Å². The van der Waals surface area contributed by atoms with Crippen molar-refractivity contribution in [2.24, 2.45) is 23.7 Å². The molecule has 0 unspecified atom stereocenters. The Labute approximate surface area is 130 Å². The maximum absolute atomic E-state index is 12.6. The minimum Gasteiger partial charge on any atom is -0.274 e. The molecule has 0 spiro atoms. The Morgan fingerprint density at radius 1 is 1.14 bits per heavy atom. The second-order valence-electron chi connectivity index (χ2n) is 5.90. The van der Waals surface area contributed by atoms with Crippen molar-refractivity contribution in [3.63, 3.8) is 0 Å². The quantitative estimate of drug-likeness (QED) is 0.363. The number of nitro benzene ring substituents is 1. The lowest BCUT2D eigenvalue weighted by molar-refractivity contribution is -0.384. The second kappa shape index (κ2) is 4.39. The third-order valence-electron chi connectivity index (χ3n) is 4.85. The predicted octanol–water partition coefficient (Wildman–Crippen LogP) is 2.56. The average Bonchev–Trinajstić information content (AvgIpc) is 3.14. The van der Waals surface area contributed by atoms with E-state index in [1.807, 2.05) is 12.2 Å². The number of nitro groups is 1. The van der Waals surface area contributed by atoms with Gasteiger partial charge in [0, 0.05) is 6.07 Å². The molecule has 2 bridgehead atoms. The number of allylic oxidation sites excluding steroid dienone is 2. The van der Waals surface area contributed by atoms with Crippen LogP contribution in [0.4, 0.5) is 11.4 Å². The van der Waals surface area contributed by atoms with Crippen molar-refractivity contribution in [2.75, 3.05) is 4.90 Å². The van der Waals surface area contributed by atoms with Crippen LogP contribution in [-0.2, 0) is 9.59 Å². The van der Waals surface area contributed by atoms with Gasteiger partial charge in [-0.1, -0.05) is 23.8 Å². The van der Waals surface area contributed by atoms with Gasteiger partial charge < -0.3 is 0 Å². The van der Waals surface area contributed by atoms with Gasteiger partial charge >= 0.3 is 0 Å². The normalized spacial score (nSPS) is 32.0. The zero-order valence-electron chi connectivity index (χ0n) is 11.3. The lowest BCUT2D eigenvalue weighted by Crippen LogP contribution is -2.32. The van der Waals surface area contributed by atoms with Crippen LogP contribution in [0.3, 0.4) is 0 Å². The number of nitrogens with zero attached hydrogens (tertiary/aromatic N) is 2. The van der Waals surface area contributed by atoms with Gasteiger partial charge in [-0.15, -0.1) is 0 Å². The molecule has 1 saturated heterocycles. The summed E-state index contributed by atoms with van der Waals surface area (Å²) in [5.41, 5.74) is -0.0853. The molecule has 0 radical (unpaired) electrons. The molecule has 7 heteroatoms. The van der Waals surface area contributed by atoms with Crippen molar-refractivity contribution < 1.29 is 14.5 Å². The van der Waals surface area contributed by atoms with Gasteiger partial charge in [0.1, 0.15) is 5.02 Å². The zero-order valence-corrected chi connectivity index (χ0v) is 12.1. The molecule has 2 aliphatic carbocycles. The number of hydrogen-bond donors (Lipinski definition) is 0. The fourth-order valence-electron chi connectivity index (χ4n) is 3.94. The molecule has 4 atom stereocenters. The highest BCUT2D eigenvalue weighted by atomic mass is 35.5. The van der Waals surface area contributed by atoms with Crippen LogP contribution in [0.1, 0.15) is 6.42 Å². The first-order valence-corrected chi connectivity index (χ1v) is 7.37. The highest BCUT2D eigenvalue weighted by molar-refractivity contribution is 6.33. The number of carbonyl (C=O) groups excluding carboxylic acids is 2. The van der Waals surface area contributed by atoms with Crippen LogP contribution in [0, 0.1) is 33.8 Å². The Morgan fingerprint density at radius 2 is 1.73 bits per heavy atom. The van der Waals surface area contributed by atoms with Gasteiger partial charge in [0.05, 0.1) is 22.4 Å². The van der Waals surface area contributed by atoms with Crippen molar-refractivity contribution in [3.8, 4) is 0 Å². The molecule has 112 valence electrons. The zero-order chi connectivity index (χ0) is 15.6. The predicted molar refractivity (Wildman–Crippen MR) is 78.3 cm³/mol. The summed E-state index contributed by atoms with van der Waals surface area (Å²) in [4.78, 5) is 36.7. The second-order valence-corrected chi connectivity index (χ2v) is 6.31. The number of anilines is 1. The summed E-state index contributed by atoms with van der Waals surface area (Å²) < 4.78 is 0. The SMILES string of the molecule is O=C1[C@H]2[C@H](C(=O)N1c1ccc(Cl)c([N+](=O)[O-])c1)[C@H]1C=C[C@H]2C1. The van der Waals surface area contributed by atoms with E-state index >= 15 is 0 Å². The third kappa shape index (κ3) is 1.61. The summed E-state index contributed by atoms with van der Waals surface area (Å²) in [5.74, 6) is -0.945. The van der Waals surface area contributed by atoms with E-state index in [1.54, 1.807) is 0 Å². The van der Waals surface area contributed by atoms with E-state index in [2.05, 4.69) is 0 Å². The smallest absolute Gasteiger partial charge is 0.274 e. The maximum atomic E-state index is 12.6. The standard InChI is InChI=1S/C15H11ClN2O4/c16-10-4-3-9(6-11(10)18(21)22)17-14(19)12-7-1-2-8(5-7)13(12)15(17)20/h1-4,6-8,12-13H,5H2/t7-,8-,12+,13+/m0/s1. The van der Waals surface area contributed by atoms with E-state index in [-0.39, 0.29) is 51.9 Å². The highest BCUT2D eigenvalue weighted by Crippen LogP contribution is 2.53. The molecule has 1 heterocycles. The molecule has 3 aliphatic rings. The van der Waals surface area contributed by atoms with Gasteiger partial charge in [-0.05, 0) is 30.4 Å². The monoisotopic (exact) mass is 318 g/mol. The highest BCUT2D eigenvalue weighted by Gasteiger charge is 2.59. The number of benzene rings is 1. The molecule has 1 aromatic carbocycles. The molecule has 1 aromatic rings. The van der Waals surface area contributed by atoms with Crippen molar-refractivity contribution >= 4 is 34.8 Å². The minimum absolute atomic E-state index is 0.0187. The van der Waals surface area contributed by atoms with Crippen LogP contribution in [-0.4, -0.2) is 16.7 Å². The van der Waals surface area contributed by atoms with Gasteiger partial charge in [0.25, 0.3) is 5.69 Å². The third-order valence-corrected chi connectivity index (χ3v) is 5.17. The van der Waals surface area contributed by atoms with E-state index in [1.165, 1.54) is 18.2 Å². The molecule has 0 N–H and O–H groups in total. The Hall–Kier alpha value is -2.21. The molecule has 2 amide bonds. The molecule has 1 saturated carbocycles. The van der Waals surface area contributed by atoms with E-state index in [0.717, 1.165) is 11.3 Å². The summed E-state index contributed by atoms with van der Waals surface area (Å²) >= 11 is 5.78. The van der Waals surface area contributed by atoms with Crippen LogP contribution in [0.15, 0.2) is 30.4 Å². The first kappa shape index (κ1) is 13.5. The van der Waals surface area contributed by atoms with Crippen LogP contribution in [0.5, 0.6) is 0 Å². The molecule has 22 heavy (non-hydrogen) atoms. The lowest BCUT2D eigenvalue weighted by atomic mass is 9.85. The van der Waals surface area contributed by atoms with Crippen LogP contribution < -0.4 is 4.90 Å². The molecule has 2 fully saturated rings. The van der Waals surface area contributed by atoms with Crippen molar-refractivity contribution in [3.05, 3.63) is 45.5 Å². The van der Waals surface area contributed by atoms with Crippen molar-refractivity contribution in [1.82, 2.24) is 0 Å². The Bertz CT molecular complexity index is 730. The number of imide groups is 1. The van der Waals surface area contributed by atoms with Crippen molar-refractivity contribution in [1.29, 1.82) is 0 Å². The largest absolute Gasteiger partial charge is 0.289 e. The lowest BCUT2D eigenvalue weighted by Gasteiger charge is -2.17. The van der Waals surface area contributed by atoms with Crippen molar-refractivity contribution in [2.45, 2.75) is 6.42 Å². The maximum Gasteiger partial charge on any atom is 0.289 e. The Balaban J connectivity index is 1.76. The first-order chi connectivity index (χ1) is 10.5. The summed E-state index contributed by atoms with van der Waals surface area (Å²) in [7, 11) is 0. The van der Waals surface area contributed by atoms with Gasteiger partial charge in [-0.2, -0.15) is 0 Å².